The minimum absolute atomic E-state index is 0.168. The SMILES string of the molecule is CCc1ccc(-c2csc(NC(=O)C3CCN(S(=O)(=O)c4ccccc4F)CC3)n2)cc1. The lowest BCUT2D eigenvalue weighted by Gasteiger charge is -2.30. The molecule has 168 valence electrons. The molecule has 0 unspecified atom stereocenters. The van der Waals surface area contributed by atoms with E-state index in [4.69, 9.17) is 0 Å². The van der Waals surface area contributed by atoms with E-state index >= 15 is 0 Å². The molecule has 1 N–H and O–H groups in total. The van der Waals surface area contributed by atoms with E-state index in [1.165, 1.54) is 39.4 Å². The summed E-state index contributed by atoms with van der Waals surface area (Å²) >= 11 is 1.36. The number of piperidine rings is 1. The van der Waals surface area contributed by atoms with Gasteiger partial charge in [0.2, 0.25) is 15.9 Å². The number of hydrogen-bond donors (Lipinski definition) is 1. The fourth-order valence-electron chi connectivity index (χ4n) is 3.73. The van der Waals surface area contributed by atoms with Gasteiger partial charge in [-0.2, -0.15) is 4.31 Å². The van der Waals surface area contributed by atoms with Gasteiger partial charge in [-0.15, -0.1) is 11.3 Å². The first-order valence-corrected chi connectivity index (χ1v) is 12.8. The fraction of sp³-hybridized carbons (Fsp3) is 0.304. The zero-order valence-corrected chi connectivity index (χ0v) is 19.3. The van der Waals surface area contributed by atoms with Gasteiger partial charge in [-0.25, -0.2) is 17.8 Å². The molecule has 0 aliphatic carbocycles. The summed E-state index contributed by atoms with van der Waals surface area (Å²) in [5.41, 5.74) is 3.05. The molecule has 4 rings (SSSR count). The number of nitrogens with zero attached hydrogens (tertiary/aromatic N) is 2. The van der Waals surface area contributed by atoms with Crippen LogP contribution in [0.2, 0.25) is 0 Å². The average molecular weight is 474 g/mol. The van der Waals surface area contributed by atoms with Crippen LogP contribution in [-0.2, 0) is 21.2 Å². The number of halogens is 1. The molecule has 1 fully saturated rings. The zero-order chi connectivity index (χ0) is 22.7. The number of thiazole rings is 1. The number of benzene rings is 2. The normalized spacial score (nSPS) is 15.6. The summed E-state index contributed by atoms with van der Waals surface area (Å²) in [7, 11) is -3.92. The van der Waals surface area contributed by atoms with Crippen molar-refractivity contribution in [1.82, 2.24) is 9.29 Å². The van der Waals surface area contributed by atoms with Crippen molar-refractivity contribution < 1.29 is 17.6 Å². The molecule has 0 bridgehead atoms. The molecule has 1 amide bonds. The lowest BCUT2D eigenvalue weighted by Crippen LogP contribution is -2.41. The predicted octanol–water partition coefficient (Wildman–Crippen LogP) is 4.55. The van der Waals surface area contributed by atoms with Crippen molar-refractivity contribution >= 4 is 32.4 Å². The summed E-state index contributed by atoms with van der Waals surface area (Å²) in [5.74, 6) is -1.26. The maximum absolute atomic E-state index is 14.0. The average Bonchev–Trinajstić information content (AvgIpc) is 3.28. The van der Waals surface area contributed by atoms with Crippen molar-refractivity contribution in [1.29, 1.82) is 0 Å². The van der Waals surface area contributed by atoms with E-state index in [9.17, 15) is 17.6 Å². The molecule has 3 aromatic rings. The third-order valence-corrected chi connectivity index (χ3v) is 8.36. The van der Waals surface area contributed by atoms with Crippen LogP contribution in [0.25, 0.3) is 11.3 Å². The Morgan fingerprint density at radius 2 is 1.84 bits per heavy atom. The second kappa shape index (κ2) is 9.48. The van der Waals surface area contributed by atoms with E-state index in [1.807, 2.05) is 17.5 Å². The predicted molar refractivity (Wildman–Crippen MR) is 123 cm³/mol. The summed E-state index contributed by atoms with van der Waals surface area (Å²) < 4.78 is 40.7. The molecule has 0 saturated carbocycles. The molecular weight excluding hydrogens is 449 g/mol. The van der Waals surface area contributed by atoms with Crippen molar-refractivity contribution in [2.45, 2.75) is 31.1 Å². The summed E-state index contributed by atoms with van der Waals surface area (Å²) in [6, 6.07) is 13.5. The van der Waals surface area contributed by atoms with Gasteiger partial charge in [-0.3, -0.25) is 4.79 Å². The molecule has 1 aliphatic heterocycles. The Bertz CT molecular complexity index is 1200. The topological polar surface area (TPSA) is 79.4 Å². The van der Waals surface area contributed by atoms with Crippen LogP contribution in [0.4, 0.5) is 9.52 Å². The van der Waals surface area contributed by atoms with Crippen LogP contribution in [0, 0.1) is 11.7 Å². The highest BCUT2D eigenvalue weighted by Gasteiger charge is 2.33. The molecule has 2 aromatic carbocycles. The highest BCUT2D eigenvalue weighted by Crippen LogP contribution is 2.28. The first kappa shape index (κ1) is 22.6. The Kier molecular flexibility index (Phi) is 6.68. The number of nitrogens with one attached hydrogen (secondary N) is 1. The molecule has 9 heteroatoms. The van der Waals surface area contributed by atoms with Crippen molar-refractivity contribution in [3.05, 3.63) is 65.3 Å². The molecule has 0 atom stereocenters. The van der Waals surface area contributed by atoms with E-state index in [0.29, 0.717) is 18.0 Å². The summed E-state index contributed by atoms with van der Waals surface area (Å²) in [6.07, 6.45) is 1.71. The van der Waals surface area contributed by atoms with E-state index in [1.54, 1.807) is 0 Å². The van der Waals surface area contributed by atoms with Gasteiger partial charge in [0.05, 0.1) is 5.69 Å². The summed E-state index contributed by atoms with van der Waals surface area (Å²) in [5, 5.41) is 5.28. The van der Waals surface area contributed by atoms with Gasteiger partial charge >= 0.3 is 0 Å². The van der Waals surface area contributed by atoms with E-state index in [2.05, 4.69) is 29.4 Å². The van der Waals surface area contributed by atoms with Crippen molar-refractivity contribution in [2.24, 2.45) is 5.92 Å². The fourth-order valence-corrected chi connectivity index (χ4v) is 5.99. The van der Waals surface area contributed by atoms with Gasteiger partial charge in [0.1, 0.15) is 10.7 Å². The number of sulfonamides is 1. The molecule has 0 spiro atoms. The Hall–Kier alpha value is -2.62. The third-order valence-electron chi connectivity index (χ3n) is 5.67. The highest BCUT2D eigenvalue weighted by atomic mass is 32.2. The lowest BCUT2D eigenvalue weighted by atomic mass is 9.97. The molecule has 1 aromatic heterocycles. The minimum Gasteiger partial charge on any atom is -0.302 e. The standard InChI is InChI=1S/C23H24FN3O3S2/c1-2-16-7-9-17(10-8-16)20-15-31-23(25-20)26-22(28)18-11-13-27(14-12-18)32(29,30)21-6-4-3-5-19(21)24/h3-10,15,18H,2,11-14H2,1H3,(H,25,26,28). The minimum atomic E-state index is -3.92. The van der Waals surface area contributed by atoms with Crippen molar-refractivity contribution in [3.63, 3.8) is 0 Å². The zero-order valence-electron chi connectivity index (χ0n) is 17.6. The number of amides is 1. The second-order valence-corrected chi connectivity index (χ2v) is 10.5. The number of rotatable bonds is 6. The Labute approximate surface area is 191 Å². The largest absolute Gasteiger partial charge is 0.302 e. The molecule has 6 nitrogen and oxygen atoms in total. The molecule has 1 aliphatic rings. The van der Waals surface area contributed by atoms with Crippen LogP contribution < -0.4 is 5.32 Å². The van der Waals surface area contributed by atoms with Gasteiger partial charge in [0, 0.05) is 30.0 Å². The number of hydrogen-bond acceptors (Lipinski definition) is 5. The third kappa shape index (κ3) is 4.74. The number of carbonyl (C=O) groups is 1. The van der Waals surface area contributed by atoms with Crippen LogP contribution in [0.5, 0.6) is 0 Å². The summed E-state index contributed by atoms with van der Waals surface area (Å²) in [4.78, 5) is 16.9. The van der Waals surface area contributed by atoms with Gasteiger partial charge in [-0.1, -0.05) is 43.3 Å². The number of anilines is 1. The van der Waals surface area contributed by atoms with Crippen LogP contribution in [0.15, 0.2) is 58.8 Å². The molecular formula is C23H24FN3O3S2. The monoisotopic (exact) mass is 473 g/mol. The van der Waals surface area contributed by atoms with E-state index < -0.39 is 15.8 Å². The van der Waals surface area contributed by atoms with Gasteiger partial charge in [-0.05, 0) is 37.0 Å². The van der Waals surface area contributed by atoms with E-state index in [0.717, 1.165) is 23.7 Å². The van der Waals surface area contributed by atoms with Gasteiger partial charge in [0.25, 0.3) is 0 Å². The van der Waals surface area contributed by atoms with E-state index in [-0.39, 0.29) is 29.8 Å². The first-order valence-electron chi connectivity index (χ1n) is 10.5. The van der Waals surface area contributed by atoms with Gasteiger partial charge in [0.15, 0.2) is 5.13 Å². The Balaban J connectivity index is 1.36. The second-order valence-electron chi connectivity index (χ2n) is 7.69. The number of carbonyl (C=O) groups excluding carboxylic acids is 1. The quantitative estimate of drug-likeness (QED) is 0.570. The highest BCUT2D eigenvalue weighted by molar-refractivity contribution is 7.89. The Morgan fingerprint density at radius 1 is 1.16 bits per heavy atom. The van der Waals surface area contributed by atoms with Crippen LogP contribution in [0.3, 0.4) is 0 Å². The Morgan fingerprint density at radius 3 is 2.50 bits per heavy atom. The molecule has 2 heterocycles. The maximum atomic E-state index is 14.0. The molecule has 1 saturated heterocycles. The van der Waals surface area contributed by atoms with Crippen LogP contribution >= 0.6 is 11.3 Å². The van der Waals surface area contributed by atoms with Crippen LogP contribution in [-0.4, -0.2) is 36.7 Å². The van der Waals surface area contributed by atoms with Crippen molar-refractivity contribution in [2.75, 3.05) is 18.4 Å². The number of aromatic nitrogens is 1. The lowest BCUT2D eigenvalue weighted by molar-refractivity contribution is -0.120. The maximum Gasteiger partial charge on any atom is 0.245 e. The summed E-state index contributed by atoms with van der Waals surface area (Å²) in [6.45, 7) is 2.44. The first-order chi connectivity index (χ1) is 15.4. The van der Waals surface area contributed by atoms with Crippen molar-refractivity contribution in [3.8, 4) is 11.3 Å². The molecule has 32 heavy (non-hydrogen) atoms. The smallest absolute Gasteiger partial charge is 0.245 e. The van der Waals surface area contributed by atoms with Gasteiger partial charge < -0.3 is 5.32 Å². The molecule has 0 radical (unpaired) electrons. The number of aryl methyl sites for hydroxylation is 1. The van der Waals surface area contributed by atoms with Crippen LogP contribution in [0.1, 0.15) is 25.3 Å².